The molecule has 0 radical (unpaired) electrons. The van der Waals surface area contributed by atoms with Crippen molar-refractivity contribution < 1.29 is 15.0 Å². The molecule has 1 amide bonds. The van der Waals surface area contributed by atoms with E-state index >= 15 is 0 Å². The number of primary amides is 1. The standard InChI is InChI=1S/C25H31Cl2N7O2.C11H22N2O.ClH/c1-15(18-6-5-17(26)11-19(18)27)34-25-23(22(31-34)24(28)36)29-12-21(30-25)33-10-7-20(16(13-33)14-35)32-8-3-2-4-9-32;14-9-10-8-12-5-4-11(10)13-6-2-1-3-7-13;/h5-6,11-12,15-16,20,35H,2-4,7-10,13-14H2,1H3,(H2,28,36);10-12,14H,1-9H2;1H. The van der Waals surface area contributed by atoms with Crippen molar-refractivity contribution in [2.45, 2.75) is 76.4 Å². The first kappa shape index (κ1) is 39.9. The van der Waals surface area contributed by atoms with Crippen LogP contribution in [0, 0.1) is 11.8 Å². The number of aliphatic hydroxyl groups is 2. The Kier molecular flexibility index (Phi) is 14.6. The van der Waals surface area contributed by atoms with E-state index in [2.05, 4.69) is 30.1 Å². The average molecular weight is 767 g/mol. The summed E-state index contributed by atoms with van der Waals surface area (Å²) in [4.78, 5) is 28.9. The number of likely N-dealkylation sites (tertiary alicyclic amines) is 2. The van der Waals surface area contributed by atoms with Crippen LogP contribution in [0.25, 0.3) is 11.2 Å². The van der Waals surface area contributed by atoms with Crippen molar-refractivity contribution in [3.8, 4) is 0 Å². The number of carbonyl (C=O) groups is 1. The molecule has 282 valence electrons. The van der Waals surface area contributed by atoms with Gasteiger partial charge in [0.15, 0.2) is 11.3 Å². The van der Waals surface area contributed by atoms with E-state index in [1.807, 2.05) is 13.0 Å². The van der Waals surface area contributed by atoms with Crippen molar-refractivity contribution in [1.82, 2.24) is 34.9 Å². The summed E-state index contributed by atoms with van der Waals surface area (Å²) in [5, 5.41) is 28.4. The van der Waals surface area contributed by atoms with E-state index in [9.17, 15) is 15.0 Å². The number of anilines is 1. The SMILES string of the molecule is CC(c1ccc(Cl)cc1Cl)n1nc(C(N)=O)c2ncc(N3CCC(N4CCCCC4)C(CO)C3)nc21.Cl.OCC1CNCCC1N1CCCCC1. The predicted molar refractivity (Wildman–Crippen MR) is 205 cm³/mol. The Labute approximate surface area is 317 Å². The number of rotatable bonds is 8. The van der Waals surface area contributed by atoms with Crippen LogP contribution in [0.1, 0.15) is 80.4 Å². The number of carbonyl (C=O) groups excluding carboxylic acids is 1. The molecule has 5 unspecified atom stereocenters. The molecule has 4 aliphatic rings. The predicted octanol–water partition coefficient (Wildman–Crippen LogP) is 4.38. The largest absolute Gasteiger partial charge is 0.396 e. The van der Waals surface area contributed by atoms with Crippen LogP contribution in [-0.4, -0.2) is 123 Å². The molecule has 5 atom stereocenters. The highest BCUT2D eigenvalue weighted by Crippen LogP contribution is 2.32. The Balaban J connectivity index is 0.000000282. The summed E-state index contributed by atoms with van der Waals surface area (Å²) >= 11 is 12.6. The summed E-state index contributed by atoms with van der Waals surface area (Å²) in [7, 11) is 0. The Morgan fingerprint density at radius 2 is 1.61 bits per heavy atom. The third-order valence-electron chi connectivity index (χ3n) is 11.2. The summed E-state index contributed by atoms with van der Waals surface area (Å²) < 4.78 is 1.64. The van der Waals surface area contributed by atoms with Gasteiger partial charge in [0.25, 0.3) is 5.91 Å². The lowest BCUT2D eigenvalue weighted by Gasteiger charge is -2.45. The molecule has 6 heterocycles. The van der Waals surface area contributed by atoms with Crippen molar-refractivity contribution in [1.29, 1.82) is 0 Å². The normalized spacial score (nSPS) is 25.5. The number of hydrogen-bond donors (Lipinski definition) is 4. The van der Waals surface area contributed by atoms with Crippen LogP contribution >= 0.6 is 35.6 Å². The number of benzene rings is 1. The summed E-state index contributed by atoms with van der Waals surface area (Å²) in [6.45, 7) is 10.7. The topological polar surface area (TPSA) is 149 Å². The monoisotopic (exact) mass is 765 g/mol. The molecule has 2 aromatic heterocycles. The molecule has 1 aromatic carbocycles. The summed E-state index contributed by atoms with van der Waals surface area (Å²) in [6, 6.07) is 5.95. The van der Waals surface area contributed by atoms with Gasteiger partial charge in [-0.15, -0.1) is 12.4 Å². The second kappa shape index (κ2) is 18.6. The third-order valence-corrected chi connectivity index (χ3v) is 11.7. The first-order valence-corrected chi connectivity index (χ1v) is 19.2. The van der Waals surface area contributed by atoms with Gasteiger partial charge in [-0.05, 0) is 95.9 Å². The molecule has 4 aliphatic heterocycles. The number of fused-ring (bicyclic) bond motifs is 1. The number of amides is 1. The molecule has 5 N–H and O–H groups in total. The van der Waals surface area contributed by atoms with E-state index in [1.54, 1.807) is 23.0 Å². The lowest BCUT2D eigenvalue weighted by Crippen LogP contribution is -2.53. The lowest BCUT2D eigenvalue weighted by atomic mass is 9.90. The number of aliphatic hydroxyl groups excluding tert-OH is 2. The second-order valence-corrected chi connectivity index (χ2v) is 15.2. The Hall–Kier alpha value is -2.29. The van der Waals surface area contributed by atoms with Gasteiger partial charge in [0.2, 0.25) is 0 Å². The molecule has 0 bridgehead atoms. The second-order valence-electron chi connectivity index (χ2n) is 14.3. The highest BCUT2D eigenvalue weighted by atomic mass is 35.5. The van der Waals surface area contributed by atoms with E-state index < -0.39 is 5.91 Å². The molecular formula is C36H54Cl3N9O3. The smallest absolute Gasteiger partial charge is 0.271 e. The Morgan fingerprint density at radius 1 is 0.961 bits per heavy atom. The van der Waals surface area contributed by atoms with Gasteiger partial charge in [-0.25, -0.2) is 14.6 Å². The molecule has 15 heteroatoms. The van der Waals surface area contributed by atoms with Gasteiger partial charge in [-0.2, -0.15) is 5.10 Å². The van der Waals surface area contributed by atoms with Gasteiger partial charge < -0.3 is 26.2 Å². The highest BCUT2D eigenvalue weighted by molar-refractivity contribution is 6.35. The first-order chi connectivity index (χ1) is 24.3. The molecule has 7 rings (SSSR count). The third kappa shape index (κ3) is 9.27. The maximum Gasteiger partial charge on any atom is 0.271 e. The van der Waals surface area contributed by atoms with Crippen molar-refractivity contribution in [3.63, 3.8) is 0 Å². The number of piperidine rings is 4. The maximum atomic E-state index is 12.1. The maximum absolute atomic E-state index is 12.1. The zero-order valence-corrected chi connectivity index (χ0v) is 31.9. The average Bonchev–Trinajstić information content (AvgIpc) is 3.55. The lowest BCUT2D eigenvalue weighted by molar-refractivity contribution is 0.0608. The quantitative estimate of drug-likeness (QED) is 0.261. The zero-order chi connectivity index (χ0) is 35.2. The van der Waals surface area contributed by atoms with Gasteiger partial charge in [0.05, 0.1) is 12.2 Å². The molecule has 4 saturated heterocycles. The fourth-order valence-corrected chi connectivity index (χ4v) is 8.99. The minimum Gasteiger partial charge on any atom is -0.396 e. The van der Waals surface area contributed by atoms with Gasteiger partial charge in [-0.1, -0.05) is 42.1 Å². The molecule has 3 aromatic rings. The molecule has 0 spiro atoms. The van der Waals surface area contributed by atoms with E-state index in [1.165, 1.54) is 58.0 Å². The molecule has 12 nitrogen and oxygen atoms in total. The zero-order valence-electron chi connectivity index (χ0n) is 29.6. The van der Waals surface area contributed by atoms with Crippen molar-refractivity contribution in [3.05, 3.63) is 45.7 Å². The van der Waals surface area contributed by atoms with Crippen LogP contribution in [0.5, 0.6) is 0 Å². The van der Waals surface area contributed by atoms with E-state index in [0.29, 0.717) is 58.2 Å². The van der Waals surface area contributed by atoms with Gasteiger partial charge in [0, 0.05) is 66.8 Å². The van der Waals surface area contributed by atoms with Crippen LogP contribution in [0.4, 0.5) is 5.82 Å². The summed E-state index contributed by atoms with van der Waals surface area (Å²) in [5.74, 6) is 0.608. The number of hydrogen-bond acceptors (Lipinski definition) is 10. The molecule has 51 heavy (non-hydrogen) atoms. The van der Waals surface area contributed by atoms with Gasteiger partial charge in [-0.3, -0.25) is 14.6 Å². The van der Waals surface area contributed by atoms with Crippen LogP contribution in [-0.2, 0) is 0 Å². The number of nitrogens with one attached hydrogen (secondary N) is 1. The number of nitrogens with zero attached hydrogens (tertiary/aromatic N) is 7. The van der Waals surface area contributed by atoms with Crippen LogP contribution in [0.3, 0.4) is 0 Å². The number of halogens is 3. The van der Waals surface area contributed by atoms with E-state index in [0.717, 1.165) is 44.7 Å². The van der Waals surface area contributed by atoms with E-state index in [-0.39, 0.29) is 36.7 Å². The van der Waals surface area contributed by atoms with Gasteiger partial charge >= 0.3 is 0 Å². The number of aromatic nitrogens is 4. The fourth-order valence-electron chi connectivity index (χ4n) is 8.42. The fraction of sp³-hybridized carbons (Fsp3) is 0.667. The van der Waals surface area contributed by atoms with Crippen molar-refractivity contribution in [2.24, 2.45) is 17.6 Å². The summed E-state index contributed by atoms with van der Waals surface area (Å²) in [6.07, 6.45) is 11.7. The van der Waals surface area contributed by atoms with E-state index in [4.69, 9.17) is 33.9 Å². The molecule has 0 aliphatic carbocycles. The van der Waals surface area contributed by atoms with Crippen molar-refractivity contribution in [2.75, 3.05) is 70.5 Å². The minimum absolute atomic E-state index is 0. The Bertz CT molecular complexity index is 1580. The molecular weight excluding hydrogens is 713 g/mol. The Morgan fingerprint density at radius 3 is 2.22 bits per heavy atom. The minimum atomic E-state index is -0.669. The van der Waals surface area contributed by atoms with Gasteiger partial charge in [0.1, 0.15) is 11.3 Å². The highest BCUT2D eigenvalue weighted by Gasteiger charge is 2.35. The van der Waals surface area contributed by atoms with Crippen LogP contribution in [0.15, 0.2) is 24.4 Å². The molecule has 4 fully saturated rings. The van der Waals surface area contributed by atoms with Crippen LogP contribution in [0.2, 0.25) is 10.0 Å². The number of nitrogens with two attached hydrogens (primary N) is 1. The summed E-state index contributed by atoms with van der Waals surface area (Å²) in [5.41, 5.74) is 7.28. The van der Waals surface area contributed by atoms with Crippen molar-refractivity contribution >= 4 is 58.5 Å². The van der Waals surface area contributed by atoms with Crippen LogP contribution < -0.4 is 16.0 Å². The first-order valence-electron chi connectivity index (χ1n) is 18.4. The molecule has 0 saturated carbocycles.